The number of rotatable bonds is 4. The molecule has 2 rings (SSSR count). The predicted molar refractivity (Wildman–Crippen MR) is 71.4 cm³/mol. The van der Waals surface area contributed by atoms with Gasteiger partial charge in [-0.05, 0) is 24.0 Å². The van der Waals surface area contributed by atoms with Crippen LogP contribution in [0.25, 0.3) is 0 Å². The summed E-state index contributed by atoms with van der Waals surface area (Å²) in [5.74, 6) is -0.211. The Labute approximate surface area is 110 Å². The monoisotopic (exact) mass is 259 g/mol. The SMILES string of the molecule is CSc1ccc(CNC(=O)c2cnccn2)cc1. The zero-order valence-electron chi connectivity index (χ0n) is 9.96. The normalized spacial score (nSPS) is 10.1. The molecule has 0 spiro atoms. The molecule has 0 unspecified atom stereocenters. The van der Waals surface area contributed by atoms with Gasteiger partial charge in [0.05, 0.1) is 6.20 Å². The fourth-order valence-electron chi connectivity index (χ4n) is 1.43. The molecule has 5 heteroatoms. The van der Waals surface area contributed by atoms with Gasteiger partial charge in [-0.25, -0.2) is 4.98 Å². The molecule has 1 amide bonds. The summed E-state index contributed by atoms with van der Waals surface area (Å²) >= 11 is 1.69. The van der Waals surface area contributed by atoms with Gasteiger partial charge < -0.3 is 5.32 Å². The molecule has 0 aliphatic heterocycles. The number of hydrogen-bond donors (Lipinski definition) is 1. The number of aromatic nitrogens is 2. The van der Waals surface area contributed by atoms with E-state index in [0.29, 0.717) is 12.2 Å². The summed E-state index contributed by atoms with van der Waals surface area (Å²) < 4.78 is 0. The summed E-state index contributed by atoms with van der Waals surface area (Å²) in [6, 6.07) is 8.08. The van der Waals surface area contributed by atoms with Gasteiger partial charge in [0.1, 0.15) is 5.69 Å². The summed E-state index contributed by atoms with van der Waals surface area (Å²) in [5, 5.41) is 2.80. The van der Waals surface area contributed by atoms with Crippen LogP contribution >= 0.6 is 11.8 Å². The van der Waals surface area contributed by atoms with E-state index in [1.807, 2.05) is 30.5 Å². The molecule has 1 heterocycles. The molecule has 0 fully saturated rings. The average molecular weight is 259 g/mol. The highest BCUT2D eigenvalue weighted by molar-refractivity contribution is 7.98. The van der Waals surface area contributed by atoms with Crippen molar-refractivity contribution in [1.82, 2.24) is 15.3 Å². The number of nitrogens with zero attached hydrogens (tertiary/aromatic N) is 2. The van der Waals surface area contributed by atoms with E-state index in [2.05, 4.69) is 15.3 Å². The Kier molecular flexibility index (Phi) is 4.30. The summed E-state index contributed by atoms with van der Waals surface area (Å²) in [5.41, 5.74) is 1.39. The molecule has 0 saturated heterocycles. The van der Waals surface area contributed by atoms with Crippen molar-refractivity contribution < 1.29 is 4.79 Å². The van der Waals surface area contributed by atoms with Crippen molar-refractivity contribution in [2.75, 3.05) is 6.26 Å². The summed E-state index contributed by atoms with van der Waals surface area (Å²) in [4.78, 5) is 20.7. The molecule has 1 N–H and O–H groups in total. The lowest BCUT2D eigenvalue weighted by Crippen LogP contribution is -2.23. The highest BCUT2D eigenvalue weighted by Crippen LogP contribution is 2.14. The Morgan fingerprint density at radius 3 is 2.67 bits per heavy atom. The predicted octanol–water partition coefficient (Wildman–Crippen LogP) is 2.13. The van der Waals surface area contributed by atoms with E-state index in [1.165, 1.54) is 23.5 Å². The first-order chi connectivity index (χ1) is 8.79. The Hall–Kier alpha value is -1.88. The number of carbonyl (C=O) groups excluding carboxylic acids is 1. The average Bonchev–Trinajstić information content (AvgIpc) is 2.46. The second-order valence-corrected chi connectivity index (χ2v) is 4.50. The minimum Gasteiger partial charge on any atom is -0.347 e. The number of amides is 1. The quantitative estimate of drug-likeness (QED) is 0.855. The molecule has 0 bridgehead atoms. The van der Waals surface area contributed by atoms with Crippen LogP contribution < -0.4 is 5.32 Å². The topological polar surface area (TPSA) is 54.9 Å². The van der Waals surface area contributed by atoms with Crippen LogP contribution in [-0.2, 0) is 6.54 Å². The van der Waals surface area contributed by atoms with E-state index < -0.39 is 0 Å². The Bertz CT molecular complexity index is 514. The van der Waals surface area contributed by atoms with Crippen LogP contribution in [0, 0.1) is 0 Å². The molecule has 18 heavy (non-hydrogen) atoms. The van der Waals surface area contributed by atoms with Crippen LogP contribution in [-0.4, -0.2) is 22.1 Å². The minimum absolute atomic E-state index is 0.211. The smallest absolute Gasteiger partial charge is 0.271 e. The number of benzene rings is 1. The first-order valence-corrected chi connectivity index (χ1v) is 6.69. The van der Waals surface area contributed by atoms with E-state index in [0.717, 1.165) is 5.56 Å². The standard InChI is InChI=1S/C13H13N3OS/c1-18-11-4-2-10(3-5-11)8-16-13(17)12-9-14-6-7-15-12/h2-7,9H,8H2,1H3,(H,16,17). The van der Waals surface area contributed by atoms with Crippen LogP contribution in [0.1, 0.15) is 16.1 Å². The molecule has 4 nitrogen and oxygen atoms in total. The van der Waals surface area contributed by atoms with Crippen LogP contribution in [0.15, 0.2) is 47.8 Å². The molecule has 0 atom stereocenters. The van der Waals surface area contributed by atoms with Gasteiger partial charge in [-0.1, -0.05) is 12.1 Å². The molecule has 1 aromatic carbocycles. The number of carbonyl (C=O) groups is 1. The highest BCUT2D eigenvalue weighted by Gasteiger charge is 2.05. The van der Waals surface area contributed by atoms with E-state index in [1.54, 1.807) is 11.8 Å². The van der Waals surface area contributed by atoms with Gasteiger partial charge in [-0.2, -0.15) is 0 Å². The largest absolute Gasteiger partial charge is 0.347 e. The number of nitrogens with one attached hydrogen (secondary N) is 1. The Morgan fingerprint density at radius 2 is 2.06 bits per heavy atom. The zero-order valence-corrected chi connectivity index (χ0v) is 10.8. The molecule has 92 valence electrons. The second kappa shape index (κ2) is 6.16. The van der Waals surface area contributed by atoms with E-state index in [-0.39, 0.29) is 5.91 Å². The molecule has 0 saturated carbocycles. The second-order valence-electron chi connectivity index (χ2n) is 3.62. The molecular weight excluding hydrogens is 246 g/mol. The molecule has 0 aliphatic rings. The summed E-state index contributed by atoms with van der Waals surface area (Å²) in [7, 11) is 0. The lowest BCUT2D eigenvalue weighted by molar-refractivity contribution is 0.0945. The van der Waals surface area contributed by atoms with Crippen LogP contribution in [0.2, 0.25) is 0 Å². The summed E-state index contributed by atoms with van der Waals surface area (Å²) in [6.07, 6.45) is 6.52. The van der Waals surface area contributed by atoms with E-state index in [9.17, 15) is 4.79 Å². The number of thioether (sulfide) groups is 1. The highest BCUT2D eigenvalue weighted by atomic mass is 32.2. The lowest BCUT2D eigenvalue weighted by atomic mass is 10.2. The molecule has 1 aromatic heterocycles. The summed E-state index contributed by atoms with van der Waals surface area (Å²) in [6.45, 7) is 0.490. The van der Waals surface area contributed by atoms with Gasteiger partial charge in [0.2, 0.25) is 0 Å². The molecular formula is C13H13N3OS. The van der Waals surface area contributed by atoms with Gasteiger partial charge in [0, 0.05) is 23.8 Å². The van der Waals surface area contributed by atoms with Gasteiger partial charge >= 0.3 is 0 Å². The molecule has 2 aromatic rings. The Balaban J connectivity index is 1.93. The fraction of sp³-hybridized carbons (Fsp3) is 0.154. The third-order valence-electron chi connectivity index (χ3n) is 2.41. The third kappa shape index (κ3) is 3.30. The minimum atomic E-state index is -0.211. The van der Waals surface area contributed by atoms with Gasteiger partial charge in [-0.15, -0.1) is 11.8 Å². The van der Waals surface area contributed by atoms with Crippen molar-refractivity contribution in [2.45, 2.75) is 11.4 Å². The first-order valence-electron chi connectivity index (χ1n) is 5.47. The zero-order chi connectivity index (χ0) is 12.8. The van der Waals surface area contributed by atoms with Crippen LogP contribution in [0.4, 0.5) is 0 Å². The fourth-order valence-corrected chi connectivity index (χ4v) is 1.84. The number of hydrogen-bond acceptors (Lipinski definition) is 4. The third-order valence-corrected chi connectivity index (χ3v) is 3.15. The van der Waals surface area contributed by atoms with E-state index >= 15 is 0 Å². The molecule has 0 radical (unpaired) electrons. The first kappa shape index (κ1) is 12.6. The van der Waals surface area contributed by atoms with Crippen LogP contribution in [0.5, 0.6) is 0 Å². The van der Waals surface area contributed by atoms with Crippen molar-refractivity contribution in [3.63, 3.8) is 0 Å². The van der Waals surface area contributed by atoms with Gasteiger partial charge in [0.25, 0.3) is 5.91 Å². The van der Waals surface area contributed by atoms with E-state index in [4.69, 9.17) is 0 Å². The van der Waals surface area contributed by atoms with Crippen molar-refractivity contribution in [1.29, 1.82) is 0 Å². The van der Waals surface area contributed by atoms with Crippen molar-refractivity contribution in [3.05, 3.63) is 54.1 Å². The van der Waals surface area contributed by atoms with Crippen molar-refractivity contribution >= 4 is 17.7 Å². The van der Waals surface area contributed by atoms with Crippen molar-refractivity contribution in [2.24, 2.45) is 0 Å². The maximum absolute atomic E-state index is 11.7. The maximum atomic E-state index is 11.7. The lowest BCUT2D eigenvalue weighted by Gasteiger charge is -2.05. The van der Waals surface area contributed by atoms with Crippen LogP contribution in [0.3, 0.4) is 0 Å². The maximum Gasteiger partial charge on any atom is 0.271 e. The van der Waals surface area contributed by atoms with Crippen molar-refractivity contribution in [3.8, 4) is 0 Å². The van der Waals surface area contributed by atoms with Gasteiger partial charge in [0.15, 0.2) is 0 Å². The molecule has 0 aliphatic carbocycles. The Morgan fingerprint density at radius 1 is 1.28 bits per heavy atom. The van der Waals surface area contributed by atoms with Gasteiger partial charge in [-0.3, -0.25) is 9.78 Å².